The molecule has 0 aliphatic carbocycles. The first-order chi connectivity index (χ1) is 7.17. The number of hydrogen-bond acceptors (Lipinski definition) is 2. The van der Waals surface area contributed by atoms with E-state index in [0.29, 0.717) is 12.2 Å². The van der Waals surface area contributed by atoms with Crippen LogP contribution in [0.3, 0.4) is 0 Å². The van der Waals surface area contributed by atoms with Crippen molar-refractivity contribution < 1.29 is 4.39 Å². The summed E-state index contributed by atoms with van der Waals surface area (Å²) < 4.78 is 14.1. The van der Waals surface area contributed by atoms with Crippen molar-refractivity contribution >= 4 is 21.6 Å². The standard InChI is InChI=1S/C11H12BrFN2/c1-2-8(6-14)7-15-11-5-9(12)3-4-10(11)13/h3-5,8,15H,2,7H2,1H3. The molecule has 0 saturated heterocycles. The normalized spacial score (nSPS) is 11.9. The molecule has 1 rings (SSSR count). The zero-order valence-corrected chi connectivity index (χ0v) is 10.0. The fourth-order valence-electron chi connectivity index (χ4n) is 1.15. The van der Waals surface area contributed by atoms with E-state index in [9.17, 15) is 4.39 Å². The third-order valence-electron chi connectivity index (χ3n) is 2.14. The summed E-state index contributed by atoms with van der Waals surface area (Å²) in [4.78, 5) is 0. The minimum atomic E-state index is -0.300. The highest BCUT2D eigenvalue weighted by Crippen LogP contribution is 2.20. The van der Waals surface area contributed by atoms with Gasteiger partial charge < -0.3 is 5.32 Å². The van der Waals surface area contributed by atoms with E-state index < -0.39 is 0 Å². The molecule has 15 heavy (non-hydrogen) atoms. The maximum atomic E-state index is 13.3. The first-order valence-electron chi connectivity index (χ1n) is 4.76. The Labute approximate surface area is 97.2 Å². The third-order valence-corrected chi connectivity index (χ3v) is 2.64. The summed E-state index contributed by atoms with van der Waals surface area (Å²) in [7, 11) is 0. The maximum Gasteiger partial charge on any atom is 0.146 e. The molecule has 0 spiro atoms. The number of halogens is 2. The molecule has 1 atom stereocenters. The lowest BCUT2D eigenvalue weighted by Crippen LogP contribution is -2.12. The second-order valence-corrected chi connectivity index (χ2v) is 4.16. The Morgan fingerprint density at radius 2 is 2.33 bits per heavy atom. The van der Waals surface area contributed by atoms with Gasteiger partial charge in [-0.3, -0.25) is 0 Å². The van der Waals surface area contributed by atoms with Gasteiger partial charge in [-0.2, -0.15) is 5.26 Å². The predicted molar refractivity (Wildman–Crippen MR) is 62.0 cm³/mol. The zero-order valence-electron chi connectivity index (χ0n) is 8.43. The average Bonchev–Trinajstić information content (AvgIpc) is 2.24. The van der Waals surface area contributed by atoms with Crippen LogP contribution >= 0.6 is 15.9 Å². The summed E-state index contributed by atoms with van der Waals surface area (Å²) in [6, 6.07) is 6.86. The van der Waals surface area contributed by atoms with Gasteiger partial charge in [0.15, 0.2) is 0 Å². The van der Waals surface area contributed by atoms with Crippen LogP contribution in [0.1, 0.15) is 13.3 Å². The molecule has 4 heteroatoms. The number of nitrogens with one attached hydrogen (secondary N) is 1. The van der Waals surface area contributed by atoms with E-state index in [-0.39, 0.29) is 11.7 Å². The number of anilines is 1. The Balaban J connectivity index is 2.65. The fourth-order valence-corrected chi connectivity index (χ4v) is 1.51. The lowest BCUT2D eigenvalue weighted by Gasteiger charge is -2.10. The Kier molecular flexibility index (Phi) is 4.57. The number of rotatable bonds is 4. The van der Waals surface area contributed by atoms with Crippen LogP contribution in [-0.2, 0) is 0 Å². The van der Waals surface area contributed by atoms with Crippen LogP contribution in [0.15, 0.2) is 22.7 Å². The molecule has 0 bridgehead atoms. The highest BCUT2D eigenvalue weighted by molar-refractivity contribution is 9.10. The lowest BCUT2D eigenvalue weighted by molar-refractivity contribution is 0.623. The minimum Gasteiger partial charge on any atom is -0.381 e. The lowest BCUT2D eigenvalue weighted by atomic mass is 10.1. The molecular weight excluding hydrogens is 259 g/mol. The molecule has 0 heterocycles. The van der Waals surface area contributed by atoms with Crippen molar-refractivity contribution in [3.63, 3.8) is 0 Å². The highest BCUT2D eigenvalue weighted by Gasteiger charge is 2.06. The van der Waals surface area contributed by atoms with Gasteiger partial charge in [0.1, 0.15) is 5.82 Å². The molecule has 0 fully saturated rings. The second-order valence-electron chi connectivity index (χ2n) is 3.24. The summed E-state index contributed by atoms with van der Waals surface area (Å²) in [6.45, 7) is 2.41. The van der Waals surface area contributed by atoms with E-state index in [1.807, 2.05) is 6.92 Å². The van der Waals surface area contributed by atoms with Crippen LogP contribution in [0, 0.1) is 23.1 Å². The quantitative estimate of drug-likeness (QED) is 0.909. The van der Waals surface area contributed by atoms with Crippen LogP contribution in [-0.4, -0.2) is 6.54 Å². The van der Waals surface area contributed by atoms with Gasteiger partial charge in [-0.1, -0.05) is 22.9 Å². The summed E-state index contributed by atoms with van der Waals surface area (Å²) in [5.74, 6) is -0.380. The van der Waals surface area contributed by atoms with Crippen LogP contribution in [0.5, 0.6) is 0 Å². The van der Waals surface area contributed by atoms with E-state index in [4.69, 9.17) is 5.26 Å². The monoisotopic (exact) mass is 270 g/mol. The molecule has 1 unspecified atom stereocenters. The first kappa shape index (κ1) is 12.0. The van der Waals surface area contributed by atoms with Gasteiger partial charge in [0, 0.05) is 11.0 Å². The Morgan fingerprint density at radius 1 is 1.60 bits per heavy atom. The van der Waals surface area contributed by atoms with Gasteiger partial charge in [0.05, 0.1) is 17.7 Å². The topological polar surface area (TPSA) is 35.8 Å². The number of benzene rings is 1. The molecule has 0 amide bonds. The van der Waals surface area contributed by atoms with Crippen molar-refractivity contribution in [1.29, 1.82) is 5.26 Å². The minimum absolute atomic E-state index is 0.0802. The maximum absolute atomic E-state index is 13.3. The molecule has 80 valence electrons. The first-order valence-corrected chi connectivity index (χ1v) is 5.55. The summed E-state index contributed by atoms with van der Waals surface area (Å²) in [5.41, 5.74) is 0.429. The molecule has 1 N–H and O–H groups in total. The smallest absolute Gasteiger partial charge is 0.146 e. The van der Waals surface area contributed by atoms with Crippen LogP contribution in [0.25, 0.3) is 0 Å². The van der Waals surface area contributed by atoms with Crippen molar-refractivity contribution in [1.82, 2.24) is 0 Å². The van der Waals surface area contributed by atoms with Gasteiger partial charge in [-0.05, 0) is 24.6 Å². The van der Waals surface area contributed by atoms with E-state index in [1.54, 1.807) is 12.1 Å². The van der Waals surface area contributed by atoms with E-state index >= 15 is 0 Å². The number of hydrogen-bond donors (Lipinski definition) is 1. The van der Waals surface area contributed by atoms with E-state index in [0.717, 1.165) is 10.9 Å². The average molecular weight is 271 g/mol. The Morgan fingerprint density at radius 3 is 2.93 bits per heavy atom. The van der Waals surface area contributed by atoms with Crippen molar-refractivity contribution in [2.75, 3.05) is 11.9 Å². The Hall–Kier alpha value is -1.08. The molecular formula is C11H12BrFN2. The molecule has 1 aromatic carbocycles. The second kappa shape index (κ2) is 5.72. The van der Waals surface area contributed by atoms with E-state index in [1.165, 1.54) is 6.07 Å². The zero-order chi connectivity index (χ0) is 11.3. The highest BCUT2D eigenvalue weighted by atomic mass is 79.9. The predicted octanol–water partition coefficient (Wildman–Crippen LogP) is 3.55. The van der Waals surface area contributed by atoms with Crippen LogP contribution in [0.2, 0.25) is 0 Å². The van der Waals surface area contributed by atoms with Crippen molar-refractivity contribution in [2.45, 2.75) is 13.3 Å². The van der Waals surface area contributed by atoms with Gasteiger partial charge >= 0.3 is 0 Å². The summed E-state index contributed by atoms with van der Waals surface area (Å²) >= 11 is 3.27. The largest absolute Gasteiger partial charge is 0.381 e. The number of nitriles is 1. The van der Waals surface area contributed by atoms with Crippen molar-refractivity contribution in [3.05, 3.63) is 28.5 Å². The van der Waals surface area contributed by atoms with Gasteiger partial charge in [-0.15, -0.1) is 0 Å². The molecule has 0 aliphatic heterocycles. The molecule has 0 aromatic heterocycles. The van der Waals surface area contributed by atoms with Crippen molar-refractivity contribution in [2.24, 2.45) is 5.92 Å². The molecule has 0 radical (unpaired) electrons. The Bertz CT molecular complexity index is 373. The van der Waals surface area contributed by atoms with E-state index in [2.05, 4.69) is 27.3 Å². The summed E-state index contributed by atoms with van der Waals surface area (Å²) in [5, 5.41) is 11.7. The number of nitrogens with zero attached hydrogens (tertiary/aromatic N) is 1. The van der Waals surface area contributed by atoms with Gasteiger partial charge in [0.25, 0.3) is 0 Å². The van der Waals surface area contributed by atoms with Crippen LogP contribution < -0.4 is 5.32 Å². The van der Waals surface area contributed by atoms with Gasteiger partial charge in [0.2, 0.25) is 0 Å². The van der Waals surface area contributed by atoms with Crippen LogP contribution in [0.4, 0.5) is 10.1 Å². The molecule has 1 aromatic rings. The van der Waals surface area contributed by atoms with Gasteiger partial charge in [-0.25, -0.2) is 4.39 Å². The SMILES string of the molecule is CCC(C#N)CNc1cc(Br)ccc1F. The molecule has 2 nitrogen and oxygen atoms in total. The molecule has 0 saturated carbocycles. The molecule has 0 aliphatic rings. The van der Waals surface area contributed by atoms with Crippen molar-refractivity contribution in [3.8, 4) is 6.07 Å². The summed E-state index contributed by atoms with van der Waals surface area (Å²) in [6.07, 6.45) is 0.763. The third kappa shape index (κ3) is 3.52. The fraction of sp³-hybridized carbons (Fsp3) is 0.364.